The summed E-state index contributed by atoms with van der Waals surface area (Å²) < 4.78 is 0. The quantitative estimate of drug-likeness (QED) is 0.517. The smallest absolute Gasteiger partial charge is 0.353 e. The van der Waals surface area contributed by atoms with Crippen LogP contribution in [0.4, 0.5) is 0 Å². The van der Waals surface area contributed by atoms with Gasteiger partial charge in [-0.2, -0.15) is 0 Å². The summed E-state index contributed by atoms with van der Waals surface area (Å²) in [6.45, 7) is 5.81. The van der Waals surface area contributed by atoms with Gasteiger partial charge in [0.25, 0.3) is 0 Å². The van der Waals surface area contributed by atoms with Crippen LogP contribution in [0.15, 0.2) is 15.6 Å². The number of carboxylic acid groups (broad SMARTS) is 1. The van der Waals surface area contributed by atoms with E-state index in [0.29, 0.717) is 17.9 Å². The standard InChI is InChI=1S/C19H28N4O5S/c1-6-20-17(25)10-7-11(16(21-10)22(4)5)29-15-8(2)13-12(9(3)24)18(26)23(13)14(15)19(27)28/h8-13,24H,6-7H2,1-5H3,(H,20,25)(H,27,28)/t8-,9-,10+,11?,12-,13-/m1/s1. The van der Waals surface area contributed by atoms with E-state index in [1.165, 1.54) is 16.7 Å². The first kappa shape index (κ1) is 21.6. The summed E-state index contributed by atoms with van der Waals surface area (Å²) >= 11 is 1.37. The molecule has 1 fully saturated rings. The highest BCUT2D eigenvalue weighted by molar-refractivity contribution is 8.04. The third-order valence-electron chi connectivity index (χ3n) is 5.71. The number of rotatable bonds is 6. The maximum absolute atomic E-state index is 12.5. The maximum atomic E-state index is 12.5. The largest absolute Gasteiger partial charge is 0.477 e. The number of β-lactam (4-membered cyclic amide) rings is 1. The number of aliphatic carboxylic acids is 1. The second-order valence-corrected chi connectivity index (χ2v) is 9.15. The van der Waals surface area contributed by atoms with Crippen molar-refractivity contribution in [2.24, 2.45) is 16.8 Å². The Morgan fingerprint density at radius 3 is 2.59 bits per heavy atom. The van der Waals surface area contributed by atoms with Crippen LogP contribution >= 0.6 is 11.8 Å². The molecule has 0 aromatic carbocycles. The number of nitrogens with one attached hydrogen (secondary N) is 1. The number of likely N-dealkylation sites (N-methyl/N-ethyl adjacent to an activating group) is 1. The van der Waals surface area contributed by atoms with Gasteiger partial charge in [0, 0.05) is 31.5 Å². The highest BCUT2D eigenvalue weighted by atomic mass is 32.2. The second-order valence-electron chi connectivity index (χ2n) is 7.91. The molecule has 0 saturated carbocycles. The van der Waals surface area contributed by atoms with Gasteiger partial charge in [0.05, 0.1) is 23.3 Å². The van der Waals surface area contributed by atoms with Gasteiger partial charge in [-0.05, 0) is 20.3 Å². The van der Waals surface area contributed by atoms with Gasteiger partial charge < -0.3 is 25.3 Å². The minimum absolute atomic E-state index is 0.00559. The van der Waals surface area contributed by atoms with E-state index in [1.54, 1.807) is 6.92 Å². The first-order valence-corrected chi connectivity index (χ1v) is 10.7. The fourth-order valence-corrected chi connectivity index (χ4v) is 6.01. The van der Waals surface area contributed by atoms with E-state index in [-0.39, 0.29) is 34.7 Å². The molecule has 3 N–H and O–H groups in total. The van der Waals surface area contributed by atoms with Crippen LogP contribution in [0.25, 0.3) is 0 Å². The third-order valence-corrected chi connectivity index (χ3v) is 7.21. The van der Waals surface area contributed by atoms with Crippen LogP contribution in [-0.4, -0.2) is 87.7 Å². The van der Waals surface area contributed by atoms with Crippen molar-refractivity contribution in [3.63, 3.8) is 0 Å². The summed E-state index contributed by atoms with van der Waals surface area (Å²) in [7, 11) is 3.69. The number of fused-ring (bicyclic) bond motifs is 1. The zero-order chi connectivity index (χ0) is 21.6. The molecule has 6 atom stereocenters. The number of hydrogen-bond acceptors (Lipinski definition) is 7. The van der Waals surface area contributed by atoms with E-state index in [4.69, 9.17) is 0 Å². The number of aliphatic hydroxyl groups is 1. The van der Waals surface area contributed by atoms with Crippen molar-refractivity contribution < 1.29 is 24.6 Å². The fraction of sp³-hybridized carbons (Fsp3) is 0.684. The normalized spacial score (nSPS) is 31.9. The van der Waals surface area contributed by atoms with E-state index in [9.17, 15) is 24.6 Å². The molecule has 3 heterocycles. The minimum atomic E-state index is -1.15. The van der Waals surface area contributed by atoms with Crippen molar-refractivity contribution in [3.05, 3.63) is 10.6 Å². The van der Waals surface area contributed by atoms with Crippen molar-refractivity contribution >= 4 is 35.4 Å². The lowest BCUT2D eigenvalue weighted by Gasteiger charge is -2.46. The second kappa shape index (κ2) is 7.98. The SMILES string of the molecule is CCNC(=O)[C@@H]1CC(SC2=C(C(=O)O)N3C(=O)[C@H]([C@@H](C)O)[C@H]3[C@H]2C)C(N(C)C)=N1. The van der Waals surface area contributed by atoms with E-state index >= 15 is 0 Å². The number of carbonyl (C=O) groups is 3. The Hall–Kier alpha value is -2.07. The first-order chi connectivity index (χ1) is 13.6. The molecule has 1 saturated heterocycles. The van der Waals surface area contributed by atoms with E-state index in [2.05, 4.69) is 10.3 Å². The number of aliphatic hydroxyl groups excluding tert-OH is 1. The molecule has 0 bridgehead atoms. The van der Waals surface area contributed by atoms with Crippen LogP contribution in [0.3, 0.4) is 0 Å². The molecule has 9 nitrogen and oxygen atoms in total. The maximum Gasteiger partial charge on any atom is 0.353 e. The lowest BCUT2D eigenvalue weighted by Crippen LogP contribution is -2.63. The summed E-state index contributed by atoms with van der Waals surface area (Å²) in [4.78, 5) is 45.1. The fourth-order valence-electron chi connectivity index (χ4n) is 4.40. The third kappa shape index (κ3) is 3.52. The Morgan fingerprint density at radius 2 is 2.07 bits per heavy atom. The van der Waals surface area contributed by atoms with Crippen molar-refractivity contribution in [3.8, 4) is 0 Å². The lowest BCUT2D eigenvalue weighted by molar-refractivity contribution is -0.163. The lowest BCUT2D eigenvalue weighted by atomic mass is 9.79. The van der Waals surface area contributed by atoms with E-state index < -0.39 is 24.0 Å². The predicted molar refractivity (Wildman–Crippen MR) is 109 cm³/mol. The molecule has 0 aliphatic carbocycles. The predicted octanol–water partition coefficient (Wildman–Crippen LogP) is 0.110. The molecular formula is C19H28N4O5S. The Bertz CT molecular complexity index is 793. The van der Waals surface area contributed by atoms with Gasteiger partial charge in [-0.15, -0.1) is 11.8 Å². The summed E-state index contributed by atoms with van der Waals surface area (Å²) in [5, 5.41) is 22.4. The molecule has 0 radical (unpaired) electrons. The molecule has 0 spiro atoms. The highest BCUT2D eigenvalue weighted by Crippen LogP contribution is 2.52. The molecule has 160 valence electrons. The van der Waals surface area contributed by atoms with Crippen LogP contribution in [0.5, 0.6) is 0 Å². The van der Waals surface area contributed by atoms with Gasteiger partial charge in [-0.3, -0.25) is 14.6 Å². The van der Waals surface area contributed by atoms with Gasteiger partial charge in [0.2, 0.25) is 11.8 Å². The van der Waals surface area contributed by atoms with Crippen LogP contribution in [-0.2, 0) is 14.4 Å². The zero-order valence-corrected chi connectivity index (χ0v) is 18.1. The van der Waals surface area contributed by atoms with Crippen molar-refractivity contribution in [2.75, 3.05) is 20.6 Å². The van der Waals surface area contributed by atoms with Gasteiger partial charge in [-0.25, -0.2) is 4.79 Å². The van der Waals surface area contributed by atoms with Crippen molar-refractivity contribution in [1.82, 2.24) is 15.1 Å². The average Bonchev–Trinajstić information content (AvgIpc) is 3.14. The molecule has 29 heavy (non-hydrogen) atoms. The molecule has 0 aromatic heterocycles. The Morgan fingerprint density at radius 1 is 1.41 bits per heavy atom. The molecule has 1 unspecified atom stereocenters. The molecule has 3 aliphatic heterocycles. The molecule has 0 aromatic rings. The summed E-state index contributed by atoms with van der Waals surface area (Å²) in [5.41, 5.74) is -0.00559. The van der Waals surface area contributed by atoms with E-state index in [0.717, 1.165) is 5.84 Å². The number of carboxylic acids is 1. The van der Waals surface area contributed by atoms with Crippen molar-refractivity contribution in [2.45, 2.75) is 50.6 Å². The number of amidine groups is 1. The molecular weight excluding hydrogens is 396 g/mol. The number of amides is 2. The molecule has 10 heteroatoms. The molecule has 3 aliphatic rings. The summed E-state index contributed by atoms with van der Waals surface area (Å²) in [5.74, 6) is -1.72. The van der Waals surface area contributed by atoms with Crippen LogP contribution < -0.4 is 5.32 Å². The van der Waals surface area contributed by atoms with Gasteiger partial charge >= 0.3 is 5.97 Å². The topological polar surface area (TPSA) is 123 Å². The number of hydrogen-bond donors (Lipinski definition) is 3. The van der Waals surface area contributed by atoms with Crippen LogP contribution in [0.1, 0.15) is 27.2 Å². The average molecular weight is 425 g/mol. The van der Waals surface area contributed by atoms with Gasteiger partial charge in [-0.1, -0.05) is 6.92 Å². The Kier molecular flexibility index (Phi) is 5.96. The summed E-state index contributed by atoms with van der Waals surface area (Å²) in [6, 6.07) is -0.865. The van der Waals surface area contributed by atoms with Crippen molar-refractivity contribution in [1.29, 1.82) is 0 Å². The van der Waals surface area contributed by atoms with Gasteiger partial charge in [0.15, 0.2) is 0 Å². The first-order valence-electron chi connectivity index (χ1n) is 9.78. The molecule has 3 rings (SSSR count). The number of nitrogens with zero attached hydrogens (tertiary/aromatic N) is 3. The molecule has 2 amide bonds. The van der Waals surface area contributed by atoms with Crippen LogP contribution in [0.2, 0.25) is 0 Å². The van der Waals surface area contributed by atoms with E-state index in [1.807, 2.05) is 32.8 Å². The highest BCUT2D eigenvalue weighted by Gasteiger charge is 2.60. The number of thioether (sulfide) groups is 1. The Labute approximate surface area is 174 Å². The van der Waals surface area contributed by atoms with Gasteiger partial charge in [0.1, 0.15) is 17.6 Å². The number of carbonyl (C=O) groups excluding carboxylic acids is 2. The Balaban J connectivity index is 1.88. The van der Waals surface area contributed by atoms with Crippen LogP contribution in [0, 0.1) is 11.8 Å². The number of aliphatic imine (C=N–C) groups is 1. The minimum Gasteiger partial charge on any atom is -0.477 e. The monoisotopic (exact) mass is 424 g/mol. The zero-order valence-electron chi connectivity index (χ0n) is 17.2. The summed E-state index contributed by atoms with van der Waals surface area (Å²) in [6.07, 6.45) is -0.371.